The van der Waals surface area contributed by atoms with Crippen molar-refractivity contribution in [1.29, 1.82) is 5.26 Å². The number of nitrogens with zero attached hydrogens (tertiary/aromatic N) is 3. The SMILES string of the molecule is CCOC(=O)CN1C(=O)N(c2cccc(C(F)(F)F)c2)C(C)=C(C(=O)OCC)C1c1ccc(C#N)cc1. The van der Waals surface area contributed by atoms with Crippen LogP contribution in [0.25, 0.3) is 0 Å². The van der Waals surface area contributed by atoms with Crippen LogP contribution in [0.2, 0.25) is 0 Å². The number of amides is 2. The number of anilines is 1. The van der Waals surface area contributed by atoms with Crippen LogP contribution in [0.5, 0.6) is 0 Å². The van der Waals surface area contributed by atoms with E-state index in [4.69, 9.17) is 14.7 Å². The molecule has 3 rings (SSSR count). The standard InChI is InChI=1S/C26H24F3N3O5/c1-4-36-21(33)15-31-23(18-11-9-17(14-30)10-12-18)22(24(34)37-5-2)16(3)32(25(31)35)20-8-6-7-19(13-20)26(27,28)29/h6-13,23H,4-5,15H2,1-3H3. The summed E-state index contributed by atoms with van der Waals surface area (Å²) in [7, 11) is 0. The Hall–Kier alpha value is -4.33. The van der Waals surface area contributed by atoms with Gasteiger partial charge in [0.05, 0.1) is 47.7 Å². The minimum atomic E-state index is -4.67. The first-order valence-electron chi connectivity index (χ1n) is 11.3. The van der Waals surface area contributed by atoms with Crippen molar-refractivity contribution in [2.45, 2.75) is 33.0 Å². The lowest BCUT2D eigenvalue weighted by molar-refractivity contribution is -0.145. The first-order valence-corrected chi connectivity index (χ1v) is 11.3. The zero-order valence-electron chi connectivity index (χ0n) is 20.3. The number of halogens is 3. The second kappa shape index (κ2) is 11.2. The van der Waals surface area contributed by atoms with Crippen LogP contribution in [0.1, 0.15) is 43.5 Å². The average molecular weight is 515 g/mol. The highest BCUT2D eigenvalue weighted by molar-refractivity contribution is 6.04. The Bertz CT molecular complexity index is 1270. The molecule has 1 atom stereocenters. The summed E-state index contributed by atoms with van der Waals surface area (Å²) in [4.78, 5) is 41.5. The van der Waals surface area contributed by atoms with Crippen LogP contribution in [-0.2, 0) is 25.2 Å². The number of benzene rings is 2. The molecule has 2 aromatic rings. The van der Waals surface area contributed by atoms with E-state index in [1.165, 1.54) is 37.3 Å². The van der Waals surface area contributed by atoms with Gasteiger partial charge in [0.25, 0.3) is 0 Å². The van der Waals surface area contributed by atoms with Gasteiger partial charge >= 0.3 is 24.1 Å². The van der Waals surface area contributed by atoms with Gasteiger partial charge in [-0.25, -0.2) is 9.59 Å². The third-order valence-electron chi connectivity index (χ3n) is 5.63. The Balaban J connectivity index is 2.27. The zero-order chi connectivity index (χ0) is 27.3. The first kappa shape index (κ1) is 27.3. The lowest BCUT2D eigenvalue weighted by Crippen LogP contribution is -2.52. The molecule has 8 nitrogen and oxygen atoms in total. The molecule has 37 heavy (non-hydrogen) atoms. The van der Waals surface area contributed by atoms with Gasteiger partial charge in [0, 0.05) is 5.70 Å². The summed E-state index contributed by atoms with van der Waals surface area (Å²) in [6.45, 7) is 4.01. The van der Waals surface area contributed by atoms with Crippen molar-refractivity contribution < 1.29 is 37.0 Å². The summed E-state index contributed by atoms with van der Waals surface area (Å²) in [6.07, 6.45) is -4.67. The highest BCUT2D eigenvalue weighted by Gasteiger charge is 2.44. The van der Waals surface area contributed by atoms with Crippen molar-refractivity contribution in [3.05, 3.63) is 76.5 Å². The summed E-state index contributed by atoms with van der Waals surface area (Å²) in [6, 6.07) is 10.1. The fraction of sp³-hybridized carbons (Fsp3) is 0.308. The number of ether oxygens (including phenoxy) is 2. The largest absolute Gasteiger partial charge is 0.465 e. The van der Waals surface area contributed by atoms with Gasteiger partial charge in [-0.05, 0) is 56.7 Å². The van der Waals surface area contributed by atoms with E-state index in [0.717, 1.165) is 28.0 Å². The molecule has 1 aliphatic heterocycles. The number of urea groups is 1. The van der Waals surface area contributed by atoms with Gasteiger partial charge in [0.15, 0.2) is 0 Å². The van der Waals surface area contributed by atoms with Gasteiger partial charge in [-0.15, -0.1) is 0 Å². The monoisotopic (exact) mass is 515 g/mol. The molecule has 0 aliphatic carbocycles. The predicted molar refractivity (Wildman–Crippen MR) is 126 cm³/mol. The smallest absolute Gasteiger partial charge is 0.416 e. The molecule has 194 valence electrons. The second-order valence-corrected chi connectivity index (χ2v) is 7.95. The Morgan fingerprint density at radius 2 is 1.70 bits per heavy atom. The molecule has 11 heteroatoms. The number of carbonyl (C=O) groups excluding carboxylic acids is 3. The third kappa shape index (κ3) is 5.74. The van der Waals surface area contributed by atoms with Crippen LogP contribution >= 0.6 is 0 Å². The van der Waals surface area contributed by atoms with Gasteiger partial charge in [-0.1, -0.05) is 18.2 Å². The number of esters is 2. The van der Waals surface area contributed by atoms with E-state index in [1.807, 2.05) is 6.07 Å². The number of hydrogen-bond donors (Lipinski definition) is 0. The second-order valence-electron chi connectivity index (χ2n) is 7.95. The predicted octanol–water partition coefficient (Wildman–Crippen LogP) is 4.96. The van der Waals surface area contributed by atoms with Crippen LogP contribution in [-0.4, -0.2) is 42.6 Å². The number of nitriles is 1. The van der Waals surface area contributed by atoms with Crippen molar-refractivity contribution in [2.75, 3.05) is 24.7 Å². The van der Waals surface area contributed by atoms with Crippen LogP contribution in [0.15, 0.2) is 59.8 Å². The minimum Gasteiger partial charge on any atom is -0.465 e. The Labute approximate surface area is 211 Å². The lowest BCUT2D eigenvalue weighted by atomic mass is 9.92. The van der Waals surface area contributed by atoms with E-state index in [-0.39, 0.29) is 30.2 Å². The minimum absolute atomic E-state index is 0.00884. The van der Waals surface area contributed by atoms with Gasteiger partial charge in [-0.2, -0.15) is 18.4 Å². The normalized spacial score (nSPS) is 15.9. The molecule has 1 heterocycles. The molecule has 0 spiro atoms. The molecule has 0 aromatic heterocycles. The Morgan fingerprint density at radius 3 is 2.27 bits per heavy atom. The number of rotatable bonds is 7. The summed E-state index contributed by atoms with van der Waals surface area (Å²) >= 11 is 0. The van der Waals surface area contributed by atoms with E-state index in [1.54, 1.807) is 13.8 Å². The molecule has 1 aliphatic rings. The van der Waals surface area contributed by atoms with Gasteiger partial charge in [-0.3, -0.25) is 9.69 Å². The van der Waals surface area contributed by atoms with Crippen molar-refractivity contribution in [1.82, 2.24) is 4.90 Å². The molecule has 0 saturated heterocycles. The molecule has 0 N–H and O–H groups in total. The van der Waals surface area contributed by atoms with Crippen molar-refractivity contribution in [3.8, 4) is 6.07 Å². The fourth-order valence-electron chi connectivity index (χ4n) is 4.04. The fourth-order valence-corrected chi connectivity index (χ4v) is 4.04. The molecule has 0 bridgehead atoms. The van der Waals surface area contributed by atoms with Crippen molar-refractivity contribution >= 4 is 23.7 Å². The van der Waals surface area contributed by atoms with Gasteiger partial charge in [0.2, 0.25) is 0 Å². The Kier molecular flexibility index (Phi) is 8.22. The number of allylic oxidation sites excluding steroid dienone is 1. The van der Waals surface area contributed by atoms with Crippen molar-refractivity contribution in [3.63, 3.8) is 0 Å². The number of hydrogen-bond acceptors (Lipinski definition) is 6. The van der Waals surface area contributed by atoms with E-state index >= 15 is 0 Å². The molecule has 0 radical (unpaired) electrons. The lowest BCUT2D eigenvalue weighted by Gasteiger charge is -2.42. The molecule has 0 fully saturated rings. The molecule has 0 saturated carbocycles. The quantitative estimate of drug-likeness (QED) is 0.484. The van der Waals surface area contributed by atoms with Gasteiger partial charge < -0.3 is 14.4 Å². The van der Waals surface area contributed by atoms with Crippen LogP contribution in [0, 0.1) is 11.3 Å². The van der Waals surface area contributed by atoms with E-state index in [2.05, 4.69) is 0 Å². The molecular formula is C26H24F3N3O5. The Morgan fingerprint density at radius 1 is 1.05 bits per heavy atom. The third-order valence-corrected chi connectivity index (χ3v) is 5.63. The highest BCUT2D eigenvalue weighted by Crippen LogP contribution is 2.41. The summed E-state index contributed by atoms with van der Waals surface area (Å²) in [5.41, 5.74) is -0.430. The topological polar surface area (TPSA) is 99.9 Å². The van der Waals surface area contributed by atoms with Gasteiger partial charge in [0.1, 0.15) is 6.54 Å². The summed E-state index contributed by atoms with van der Waals surface area (Å²) < 4.78 is 50.5. The van der Waals surface area contributed by atoms with E-state index < -0.39 is 42.3 Å². The number of alkyl halides is 3. The first-order chi connectivity index (χ1) is 17.5. The maximum Gasteiger partial charge on any atom is 0.416 e. The molecule has 2 aromatic carbocycles. The van der Waals surface area contributed by atoms with Crippen LogP contribution < -0.4 is 4.90 Å². The molecular weight excluding hydrogens is 491 g/mol. The summed E-state index contributed by atoms with van der Waals surface area (Å²) in [5, 5.41) is 9.16. The van der Waals surface area contributed by atoms with Crippen LogP contribution in [0.4, 0.5) is 23.7 Å². The maximum atomic E-state index is 13.8. The van der Waals surface area contributed by atoms with Crippen molar-refractivity contribution in [2.24, 2.45) is 0 Å². The van der Waals surface area contributed by atoms with E-state index in [0.29, 0.717) is 11.1 Å². The number of carbonyl (C=O) groups is 3. The molecule has 1 unspecified atom stereocenters. The maximum absolute atomic E-state index is 13.8. The average Bonchev–Trinajstić information content (AvgIpc) is 2.85. The summed E-state index contributed by atoms with van der Waals surface area (Å²) in [5.74, 6) is -1.59. The molecule has 2 amide bonds. The van der Waals surface area contributed by atoms with Crippen LogP contribution in [0.3, 0.4) is 0 Å². The zero-order valence-corrected chi connectivity index (χ0v) is 20.3. The highest BCUT2D eigenvalue weighted by atomic mass is 19.4. The van der Waals surface area contributed by atoms with E-state index in [9.17, 15) is 27.6 Å².